The fraction of sp³-hybridized carbons (Fsp3) is 0.680. The second-order valence-electron chi connectivity index (χ2n) is 22.7. The molecule has 3 N–H and O–H groups in total. The maximum atomic E-state index is 12.8. The van der Waals surface area contributed by atoms with E-state index < -0.39 is 26.5 Å². The molecule has 0 heterocycles. The molecule has 0 aliphatic heterocycles. The smallest absolute Gasteiger partial charge is 0.462 e. The molecule has 2 unspecified atom stereocenters. The molecular formula is C75H128NO8P. The molecule has 0 aromatic heterocycles. The lowest BCUT2D eigenvalue weighted by atomic mass is 10.0. The van der Waals surface area contributed by atoms with E-state index in [2.05, 4.69) is 148 Å². The lowest BCUT2D eigenvalue weighted by molar-refractivity contribution is -0.161. The number of hydrogen-bond donors (Lipinski definition) is 2. The minimum absolute atomic E-state index is 0.0463. The first-order valence-electron chi connectivity index (χ1n) is 34.7. The number of carbonyl (C=O) groups excluding carboxylic acids is 2. The van der Waals surface area contributed by atoms with Crippen LogP contribution in [-0.4, -0.2) is 49.3 Å². The summed E-state index contributed by atoms with van der Waals surface area (Å²) in [6.45, 7) is 3.62. The molecule has 0 bridgehead atoms. The van der Waals surface area contributed by atoms with Crippen LogP contribution in [0.5, 0.6) is 0 Å². The van der Waals surface area contributed by atoms with Gasteiger partial charge in [-0.1, -0.05) is 302 Å². The first-order chi connectivity index (χ1) is 41.8. The number of carbonyl (C=O) groups is 2. The molecule has 0 amide bonds. The highest BCUT2D eigenvalue weighted by molar-refractivity contribution is 7.47. The summed E-state index contributed by atoms with van der Waals surface area (Å²) >= 11 is 0. The van der Waals surface area contributed by atoms with Crippen LogP contribution in [0.25, 0.3) is 0 Å². The average Bonchev–Trinajstić information content (AvgIpc) is 3.52. The van der Waals surface area contributed by atoms with Gasteiger partial charge in [-0.15, -0.1) is 0 Å². The minimum Gasteiger partial charge on any atom is -0.462 e. The van der Waals surface area contributed by atoms with Gasteiger partial charge in [-0.25, -0.2) is 4.57 Å². The summed E-state index contributed by atoms with van der Waals surface area (Å²) in [6.07, 6.45) is 98.2. The predicted molar refractivity (Wildman–Crippen MR) is 367 cm³/mol. The van der Waals surface area contributed by atoms with Crippen molar-refractivity contribution in [2.24, 2.45) is 5.73 Å². The van der Waals surface area contributed by atoms with E-state index in [4.69, 9.17) is 24.3 Å². The summed E-state index contributed by atoms with van der Waals surface area (Å²) in [7, 11) is -4.40. The monoisotopic (exact) mass is 1200 g/mol. The molecule has 10 heteroatoms. The Morgan fingerprint density at radius 2 is 0.647 bits per heavy atom. The van der Waals surface area contributed by atoms with E-state index in [1.165, 1.54) is 154 Å². The van der Waals surface area contributed by atoms with E-state index in [0.717, 1.165) is 109 Å². The van der Waals surface area contributed by atoms with Crippen molar-refractivity contribution in [3.05, 3.63) is 134 Å². The number of phosphoric ester groups is 1. The zero-order chi connectivity index (χ0) is 61.6. The highest BCUT2D eigenvalue weighted by atomic mass is 31.2. The topological polar surface area (TPSA) is 134 Å². The molecule has 0 aliphatic carbocycles. The van der Waals surface area contributed by atoms with Crippen LogP contribution >= 0.6 is 7.82 Å². The Morgan fingerprint density at radius 3 is 0.965 bits per heavy atom. The number of unbranched alkanes of at least 4 members (excludes halogenated alkanes) is 29. The van der Waals surface area contributed by atoms with E-state index in [1.54, 1.807) is 0 Å². The van der Waals surface area contributed by atoms with Crippen molar-refractivity contribution in [3.63, 3.8) is 0 Å². The van der Waals surface area contributed by atoms with Crippen molar-refractivity contribution in [2.45, 2.75) is 302 Å². The van der Waals surface area contributed by atoms with Gasteiger partial charge in [0.2, 0.25) is 0 Å². The van der Waals surface area contributed by atoms with Gasteiger partial charge >= 0.3 is 19.8 Å². The van der Waals surface area contributed by atoms with Crippen molar-refractivity contribution in [1.82, 2.24) is 0 Å². The summed E-state index contributed by atoms with van der Waals surface area (Å²) in [5, 5.41) is 0. The Morgan fingerprint density at radius 1 is 0.365 bits per heavy atom. The van der Waals surface area contributed by atoms with E-state index >= 15 is 0 Å². The molecular weight excluding hydrogens is 1070 g/mol. The first-order valence-corrected chi connectivity index (χ1v) is 36.2. The van der Waals surface area contributed by atoms with Gasteiger partial charge in [0.15, 0.2) is 6.10 Å². The lowest BCUT2D eigenvalue weighted by Crippen LogP contribution is -2.29. The van der Waals surface area contributed by atoms with Crippen LogP contribution in [0.2, 0.25) is 0 Å². The minimum atomic E-state index is -4.40. The maximum absolute atomic E-state index is 12.8. The third-order valence-electron chi connectivity index (χ3n) is 14.5. The van der Waals surface area contributed by atoms with Crippen LogP contribution in [0.15, 0.2) is 134 Å². The first kappa shape index (κ1) is 81.2. The Hall–Kier alpha value is -3.85. The van der Waals surface area contributed by atoms with Crippen molar-refractivity contribution in [1.29, 1.82) is 0 Å². The fourth-order valence-electron chi connectivity index (χ4n) is 9.43. The van der Waals surface area contributed by atoms with Gasteiger partial charge in [0.25, 0.3) is 0 Å². The standard InChI is InChI=1S/C75H128NO8P/c1-3-5-7-9-11-13-15-17-19-21-23-25-27-29-31-33-35-36-38-40-42-44-46-48-50-52-54-56-58-60-62-64-66-68-75(78)84-73(72-83-85(79,80)82-70-69-76)71-81-74(77)67-65-63-61-59-57-55-53-51-49-47-45-43-41-39-37-34-32-30-28-26-24-22-20-18-16-14-12-10-8-6-4-2/h5,7,11,13,16-19,22-25,28-31,35-36,40,42,46,48,73H,3-4,6,8-10,12,14-15,20-21,26-27,32-34,37-39,41,43-45,47,49-72,76H2,1-2H3,(H,79,80)/b7-5-,13-11-,18-16-,19-17-,24-22-,25-23-,30-28-,31-29-,36-35-,42-40-,48-46-. The van der Waals surface area contributed by atoms with Crippen molar-refractivity contribution in [2.75, 3.05) is 26.4 Å². The number of allylic oxidation sites excluding steroid dienone is 22. The largest absolute Gasteiger partial charge is 0.472 e. The molecule has 85 heavy (non-hydrogen) atoms. The van der Waals surface area contributed by atoms with E-state index in [0.29, 0.717) is 6.42 Å². The number of phosphoric acid groups is 1. The summed E-state index contributed by atoms with van der Waals surface area (Å²) < 4.78 is 33.2. The summed E-state index contributed by atoms with van der Waals surface area (Å²) in [5.41, 5.74) is 5.40. The molecule has 0 radical (unpaired) electrons. The highest BCUT2D eigenvalue weighted by Gasteiger charge is 2.26. The molecule has 486 valence electrons. The molecule has 0 aliphatic rings. The number of rotatable bonds is 64. The van der Waals surface area contributed by atoms with Gasteiger partial charge in [0.05, 0.1) is 13.2 Å². The summed E-state index contributed by atoms with van der Waals surface area (Å²) in [4.78, 5) is 35.4. The average molecular weight is 1200 g/mol. The van der Waals surface area contributed by atoms with Crippen molar-refractivity contribution < 1.29 is 37.6 Å². The molecule has 0 saturated carbocycles. The normalized spacial score (nSPS) is 13.8. The van der Waals surface area contributed by atoms with Crippen LogP contribution in [0.1, 0.15) is 296 Å². The number of esters is 2. The van der Waals surface area contributed by atoms with Gasteiger partial charge in [0, 0.05) is 19.4 Å². The lowest BCUT2D eigenvalue weighted by Gasteiger charge is -2.19. The SMILES string of the molecule is CC/C=C\C/C=C\C/C=C\C/C=C\C/C=C\C/C=C\C/C=C\C/C=C\CCCCCCCCCCC(=O)OC(COC(=O)CCCCCCCCCCCCCCCCCC/C=C\C/C=C\C/C=C\CCCCCCC)COP(=O)(O)OCCN. The Balaban J connectivity index is 3.95. The zero-order valence-electron chi connectivity index (χ0n) is 54.5. The van der Waals surface area contributed by atoms with Crippen molar-refractivity contribution in [3.8, 4) is 0 Å². The van der Waals surface area contributed by atoms with Gasteiger partial charge in [-0.3, -0.25) is 18.6 Å². The van der Waals surface area contributed by atoms with Gasteiger partial charge in [0.1, 0.15) is 6.61 Å². The van der Waals surface area contributed by atoms with Crippen LogP contribution in [0.4, 0.5) is 0 Å². The molecule has 2 atom stereocenters. The molecule has 0 fully saturated rings. The van der Waals surface area contributed by atoms with Gasteiger partial charge < -0.3 is 20.1 Å². The van der Waals surface area contributed by atoms with E-state index in [9.17, 15) is 19.0 Å². The number of nitrogens with two attached hydrogens (primary N) is 1. The van der Waals surface area contributed by atoms with Crippen LogP contribution in [0, 0.1) is 0 Å². The molecule has 9 nitrogen and oxygen atoms in total. The third-order valence-corrected chi connectivity index (χ3v) is 15.5. The van der Waals surface area contributed by atoms with E-state index in [1.807, 2.05) is 0 Å². The van der Waals surface area contributed by atoms with Crippen molar-refractivity contribution >= 4 is 19.8 Å². The second kappa shape index (κ2) is 69.3. The predicted octanol–water partition coefficient (Wildman–Crippen LogP) is 22.9. The quantitative estimate of drug-likeness (QED) is 0.0264. The number of hydrogen-bond acceptors (Lipinski definition) is 8. The highest BCUT2D eigenvalue weighted by Crippen LogP contribution is 2.43. The Bertz CT molecular complexity index is 1860. The van der Waals surface area contributed by atoms with E-state index in [-0.39, 0.29) is 38.6 Å². The molecule has 0 rings (SSSR count). The third kappa shape index (κ3) is 69.1. The summed E-state index contributed by atoms with van der Waals surface area (Å²) in [6, 6.07) is 0. The van der Waals surface area contributed by atoms with Crippen LogP contribution in [0.3, 0.4) is 0 Å². The fourth-order valence-corrected chi connectivity index (χ4v) is 10.2. The zero-order valence-corrected chi connectivity index (χ0v) is 55.4. The second-order valence-corrected chi connectivity index (χ2v) is 24.1. The Labute approximate surface area is 523 Å². The van der Waals surface area contributed by atoms with Gasteiger partial charge in [-0.2, -0.15) is 0 Å². The molecule has 0 saturated heterocycles. The maximum Gasteiger partial charge on any atom is 0.472 e. The van der Waals surface area contributed by atoms with Crippen LogP contribution < -0.4 is 5.73 Å². The van der Waals surface area contributed by atoms with Gasteiger partial charge in [-0.05, 0) is 116 Å². The molecule has 0 aromatic rings. The Kier molecular flexibility index (Phi) is 66.1. The molecule has 0 spiro atoms. The number of ether oxygens (including phenoxy) is 2. The van der Waals surface area contributed by atoms with Crippen LogP contribution in [-0.2, 0) is 32.7 Å². The summed E-state index contributed by atoms with van der Waals surface area (Å²) in [5.74, 6) is -0.837. The molecule has 0 aromatic carbocycles.